The molecule has 0 aromatic heterocycles. The van der Waals surface area contributed by atoms with Gasteiger partial charge in [-0.15, -0.1) is 0 Å². The van der Waals surface area contributed by atoms with Crippen LogP contribution in [0.3, 0.4) is 0 Å². The molecule has 0 heterocycles. The molecule has 0 aliphatic heterocycles. The Morgan fingerprint density at radius 2 is 2.16 bits per heavy atom. The number of phenols is 1. The number of phenolic OH excluding ortho intramolecular Hbond substituents is 1. The van der Waals surface area contributed by atoms with Crippen LogP contribution >= 0.6 is 0 Å². The van der Waals surface area contributed by atoms with E-state index < -0.39 is 0 Å². The number of para-hydroxylation sites is 1. The lowest BCUT2D eigenvalue weighted by Crippen LogP contribution is -2.21. The Balaban J connectivity index is 1.70. The van der Waals surface area contributed by atoms with Crippen molar-refractivity contribution in [2.24, 2.45) is 11.8 Å². The van der Waals surface area contributed by atoms with Gasteiger partial charge < -0.3 is 10.4 Å². The Morgan fingerprint density at radius 1 is 1.32 bits per heavy atom. The summed E-state index contributed by atoms with van der Waals surface area (Å²) in [6, 6.07) is 5.95. The first-order chi connectivity index (χ1) is 9.16. The summed E-state index contributed by atoms with van der Waals surface area (Å²) in [7, 11) is 0. The van der Waals surface area contributed by atoms with Crippen LogP contribution in [0, 0.1) is 18.8 Å². The number of aromatic hydroxyl groups is 1. The van der Waals surface area contributed by atoms with Crippen LogP contribution < -0.4 is 5.32 Å². The van der Waals surface area contributed by atoms with E-state index in [1.807, 2.05) is 25.1 Å². The molecule has 1 fully saturated rings. The molecule has 106 valence electrons. The van der Waals surface area contributed by atoms with Crippen molar-refractivity contribution in [2.75, 3.05) is 6.54 Å². The first-order valence-corrected chi connectivity index (χ1v) is 7.65. The van der Waals surface area contributed by atoms with Crippen LogP contribution in [0.15, 0.2) is 18.2 Å². The zero-order valence-electron chi connectivity index (χ0n) is 12.3. The molecule has 1 aliphatic rings. The first-order valence-electron chi connectivity index (χ1n) is 7.65. The lowest BCUT2D eigenvalue weighted by molar-refractivity contribution is 0.267. The van der Waals surface area contributed by atoms with Gasteiger partial charge >= 0.3 is 0 Å². The van der Waals surface area contributed by atoms with Gasteiger partial charge in [0.05, 0.1) is 0 Å². The Bertz CT molecular complexity index is 402. The fourth-order valence-corrected chi connectivity index (χ4v) is 3.21. The maximum atomic E-state index is 9.94. The van der Waals surface area contributed by atoms with E-state index in [0.717, 1.165) is 36.1 Å². The van der Waals surface area contributed by atoms with E-state index in [0.29, 0.717) is 5.75 Å². The maximum absolute atomic E-state index is 9.94. The Labute approximate surface area is 117 Å². The van der Waals surface area contributed by atoms with Crippen LogP contribution in [0.2, 0.25) is 0 Å². The minimum absolute atomic E-state index is 0.446. The van der Waals surface area contributed by atoms with Crippen molar-refractivity contribution in [3.05, 3.63) is 29.3 Å². The van der Waals surface area contributed by atoms with Gasteiger partial charge in [0.15, 0.2) is 0 Å². The third kappa shape index (κ3) is 4.24. The van der Waals surface area contributed by atoms with Gasteiger partial charge in [-0.3, -0.25) is 0 Å². The molecule has 2 heteroatoms. The van der Waals surface area contributed by atoms with Crippen molar-refractivity contribution in [1.29, 1.82) is 0 Å². The molecule has 2 unspecified atom stereocenters. The maximum Gasteiger partial charge on any atom is 0.122 e. The highest BCUT2D eigenvalue weighted by atomic mass is 16.3. The quantitative estimate of drug-likeness (QED) is 0.785. The molecule has 0 spiro atoms. The topological polar surface area (TPSA) is 32.3 Å². The average molecular weight is 261 g/mol. The van der Waals surface area contributed by atoms with Gasteiger partial charge in [0.2, 0.25) is 0 Å². The number of rotatable bonds is 5. The second kappa shape index (κ2) is 6.95. The van der Waals surface area contributed by atoms with Crippen LogP contribution in [-0.2, 0) is 6.54 Å². The third-order valence-corrected chi connectivity index (χ3v) is 4.41. The van der Waals surface area contributed by atoms with Crippen LogP contribution in [-0.4, -0.2) is 11.7 Å². The molecule has 1 saturated carbocycles. The molecule has 2 N–H and O–H groups in total. The predicted molar refractivity (Wildman–Crippen MR) is 80.3 cm³/mol. The second-order valence-electron chi connectivity index (χ2n) is 6.19. The predicted octanol–water partition coefficient (Wildman–Crippen LogP) is 4.01. The number of hydrogen-bond acceptors (Lipinski definition) is 2. The van der Waals surface area contributed by atoms with Crippen molar-refractivity contribution in [1.82, 2.24) is 5.32 Å². The van der Waals surface area contributed by atoms with Crippen molar-refractivity contribution < 1.29 is 5.11 Å². The zero-order valence-corrected chi connectivity index (χ0v) is 12.3. The monoisotopic (exact) mass is 261 g/mol. The molecule has 1 aliphatic carbocycles. The van der Waals surface area contributed by atoms with Crippen LogP contribution in [0.25, 0.3) is 0 Å². The van der Waals surface area contributed by atoms with Gasteiger partial charge in [0, 0.05) is 12.1 Å². The number of benzene rings is 1. The van der Waals surface area contributed by atoms with Crippen LogP contribution in [0.4, 0.5) is 0 Å². The van der Waals surface area contributed by atoms with Crippen molar-refractivity contribution >= 4 is 0 Å². The van der Waals surface area contributed by atoms with E-state index >= 15 is 0 Å². The molecule has 0 amide bonds. The van der Waals surface area contributed by atoms with E-state index in [4.69, 9.17) is 0 Å². The summed E-state index contributed by atoms with van der Waals surface area (Å²) in [5.74, 6) is 2.27. The average Bonchev–Trinajstić information content (AvgIpc) is 2.39. The lowest BCUT2D eigenvalue weighted by atomic mass is 9.81. The summed E-state index contributed by atoms with van der Waals surface area (Å²) < 4.78 is 0. The minimum Gasteiger partial charge on any atom is -0.507 e. The largest absolute Gasteiger partial charge is 0.507 e. The van der Waals surface area contributed by atoms with Gasteiger partial charge in [0.1, 0.15) is 5.75 Å². The highest BCUT2D eigenvalue weighted by molar-refractivity contribution is 5.39. The highest BCUT2D eigenvalue weighted by Crippen LogP contribution is 2.30. The van der Waals surface area contributed by atoms with Crippen molar-refractivity contribution in [3.8, 4) is 5.75 Å². The van der Waals surface area contributed by atoms with Gasteiger partial charge in [-0.05, 0) is 43.7 Å². The minimum atomic E-state index is 0.446. The van der Waals surface area contributed by atoms with E-state index in [2.05, 4.69) is 12.2 Å². The molecule has 2 atom stereocenters. The first kappa shape index (κ1) is 14.4. The Hall–Kier alpha value is -1.02. The van der Waals surface area contributed by atoms with Crippen LogP contribution in [0.5, 0.6) is 5.75 Å². The molecule has 0 bridgehead atoms. The highest BCUT2D eigenvalue weighted by Gasteiger charge is 2.18. The second-order valence-corrected chi connectivity index (χ2v) is 6.19. The molecule has 2 rings (SSSR count). The molecule has 1 aromatic carbocycles. The fourth-order valence-electron chi connectivity index (χ4n) is 3.21. The third-order valence-electron chi connectivity index (χ3n) is 4.41. The van der Waals surface area contributed by atoms with Gasteiger partial charge in [0.25, 0.3) is 0 Å². The summed E-state index contributed by atoms with van der Waals surface area (Å²) in [6.07, 6.45) is 6.90. The van der Waals surface area contributed by atoms with Crippen molar-refractivity contribution in [2.45, 2.75) is 52.5 Å². The molecule has 19 heavy (non-hydrogen) atoms. The molecule has 1 aromatic rings. The molecule has 0 radical (unpaired) electrons. The van der Waals surface area contributed by atoms with E-state index in [1.54, 1.807) is 0 Å². The SMILES string of the molecule is Cc1cccc(CNCCC2CCCC(C)C2)c1O. The van der Waals surface area contributed by atoms with Crippen molar-refractivity contribution in [3.63, 3.8) is 0 Å². The summed E-state index contributed by atoms with van der Waals surface area (Å²) in [5.41, 5.74) is 1.97. The molecular formula is C17H27NO. The van der Waals surface area contributed by atoms with Gasteiger partial charge in [-0.25, -0.2) is 0 Å². The van der Waals surface area contributed by atoms with Crippen LogP contribution in [0.1, 0.15) is 50.2 Å². The Kier molecular flexibility index (Phi) is 5.26. The van der Waals surface area contributed by atoms with E-state index in [1.165, 1.54) is 32.1 Å². The number of hydrogen-bond donors (Lipinski definition) is 2. The summed E-state index contributed by atoms with van der Waals surface area (Å²) in [5, 5.41) is 13.4. The Morgan fingerprint density at radius 3 is 2.95 bits per heavy atom. The normalized spacial score (nSPS) is 23.5. The smallest absolute Gasteiger partial charge is 0.122 e. The summed E-state index contributed by atoms with van der Waals surface area (Å²) in [4.78, 5) is 0. The number of nitrogens with one attached hydrogen (secondary N) is 1. The molecule has 2 nitrogen and oxygen atoms in total. The summed E-state index contributed by atoms with van der Waals surface area (Å²) >= 11 is 0. The molecular weight excluding hydrogens is 234 g/mol. The van der Waals surface area contributed by atoms with Gasteiger partial charge in [-0.2, -0.15) is 0 Å². The lowest BCUT2D eigenvalue weighted by Gasteiger charge is -2.26. The fraction of sp³-hybridized carbons (Fsp3) is 0.647. The zero-order chi connectivity index (χ0) is 13.7. The summed E-state index contributed by atoms with van der Waals surface area (Å²) in [6.45, 7) is 6.16. The van der Waals surface area contributed by atoms with E-state index in [9.17, 15) is 5.11 Å². The molecule has 0 saturated heterocycles. The standard InChI is InChI=1S/C17H27NO/c1-13-5-3-7-15(11-13)9-10-18-12-16-8-4-6-14(2)17(16)19/h4,6,8,13,15,18-19H,3,5,7,9-12H2,1-2H3. The van der Waals surface area contributed by atoms with E-state index in [-0.39, 0.29) is 0 Å². The van der Waals surface area contributed by atoms with Gasteiger partial charge in [-0.1, -0.05) is 44.4 Å². The number of aryl methyl sites for hydroxylation is 1.